The summed E-state index contributed by atoms with van der Waals surface area (Å²) in [7, 11) is 1.57. The van der Waals surface area contributed by atoms with Gasteiger partial charge in [-0.2, -0.15) is 5.10 Å². The van der Waals surface area contributed by atoms with Crippen molar-refractivity contribution in [2.75, 3.05) is 30.0 Å². The molecule has 3 heterocycles. The molecule has 1 aromatic heterocycles. The monoisotopic (exact) mass is 461 g/mol. The Hall–Kier alpha value is -4.14. The number of amides is 3. The molecule has 0 saturated carbocycles. The first-order valence-corrected chi connectivity index (χ1v) is 11.3. The van der Waals surface area contributed by atoms with E-state index < -0.39 is 5.91 Å². The van der Waals surface area contributed by atoms with Gasteiger partial charge in [0.25, 0.3) is 11.8 Å². The molecule has 174 valence electrons. The Morgan fingerprint density at radius 1 is 1.00 bits per heavy atom. The van der Waals surface area contributed by atoms with E-state index in [0.29, 0.717) is 54.3 Å². The highest BCUT2D eigenvalue weighted by molar-refractivity contribution is 6.09. The maximum atomic E-state index is 13.6. The van der Waals surface area contributed by atoms with Crippen molar-refractivity contribution >= 4 is 29.1 Å². The van der Waals surface area contributed by atoms with Crippen molar-refractivity contribution in [3.05, 3.63) is 65.5 Å². The molecule has 0 unspecified atom stereocenters. The summed E-state index contributed by atoms with van der Waals surface area (Å²) in [4.78, 5) is 41.4. The van der Waals surface area contributed by atoms with Crippen LogP contribution in [0.5, 0.6) is 5.75 Å². The first kappa shape index (κ1) is 21.7. The van der Waals surface area contributed by atoms with Crippen LogP contribution in [0.25, 0.3) is 5.69 Å². The highest BCUT2D eigenvalue weighted by Crippen LogP contribution is 2.31. The van der Waals surface area contributed by atoms with E-state index in [-0.39, 0.29) is 17.5 Å². The second-order valence-corrected chi connectivity index (χ2v) is 8.38. The Morgan fingerprint density at radius 2 is 1.68 bits per heavy atom. The molecule has 9 heteroatoms. The van der Waals surface area contributed by atoms with Crippen LogP contribution in [0, 0.1) is 0 Å². The fraction of sp³-hybridized carbons (Fsp3) is 0.280. The van der Waals surface area contributed by atoms with Crippen LogP contribution in [0.15, 0.2) is 48.5 Å². The van der Waals surface area contributed by atoms with Crippen LogP contribution in [0.2, 0.25) is 0 Å². The minimum absolute atomic E-state index is 0.109. The summed E-state index contributed by atoms with van der Waals surface area (Å²) in [6, 6.07) is 14.5. The van der Waals surface area contributed by atoms with Gasteiger partial charge in [-0.15, -0.1) is 0 Å². The number of nitrogens with two attached hydrogens (primary N) is 1. The lowest BCUT2D eigenvalue weighted by Crippen LogP contribution is -2.39. The minimum atomic E-state index is -0.666. The lowest BCUT2D eigenvalue weighted by Gasteiger charge is -2.29. The van der Waals surface area contributed by atoms with Gasteiger partial charge in [0.05, 0.1) is 12.8 Å². The van der Waals surface area contributed by atoms with Crippen LogP contribution in [-0.2, 0) is 11.2 Å². The van der Waals surface area contributed by atoms with Gasteiger partial charge in [-0.25, -0.2) is 4.68 Å². The Labute approximate surface area is 196 Å². The maximum absolute atomic E-state index is 13.6. The summed E-state index contributed by atoms with van der Waals surface area (Å²) in [5, 5.41) is 4.39. The van der Waals surface area contributed by atoms with Crippen LogP contribution in [-0.4, -0.2) is 47.7 Å². The van der Waals surface area contributed by atoms with Crippen molar-refractivity contribution in [1.82, 2.24) is 9.78 Å². The summed E-state index contributed by atoms with van der Waals surface area (Å²) < 4.78 is 6.69. The highest BCUT2D eigenvalue weighted by atomic mass is 16.5. The summed E-state index contributed by atoms with van der Waals surface area (Å²) in [5.41, 5.74) is 8.73. The van der Waals surface area contributed by atoms with Crippen molar-refractivity contribution in [2.45, 2.75) is 25.7 Å². The number of ether oxygens (including phenoxy) is 1. The average molecular weight is 461 g/mol. The summed E-state index contributed by atoms with van der Waals surface area (Å²) >= 11 is 0. The largest absolute Gasteiger partial charge is 0.497 e. The molecule has 0 radical (unpaired) electrons. The third-order valence-electron chi connectivity index (χ3n) is 6.36. The second kappa shape index (κ2) is 8.66. The quantitative estimate of drug-likeness (QED) is 0.628. The van der Waals surface area contributed by atoms with Crippen LogP contribution >= 0.6 is 0 Å². The molecule has 0 spiro atoms. The summed E-state index contributed by atoms with van der Waals surface area (Å²) in [6.45, 7) is 1.10. The number of fused-ring (bicyclic) bond motifs is 1. The molecule has 0 atom stereocenters. The van der Waals surface area contributed by atoms with Gasteiger partial charge in [0.15, 0.2) is 5.69 Å². The zero-order valence-electron chi connectivity index (χ0n) is 18.9. The average Bonchev–Trinajstić information content (AvgIpc) is 3.26. The van der Waals surface area contributed by atoms with Crippen molar-refractivity contribution in [3.63, 3.8) is 0 Å². The van der Waals surface area contributed by atoms with Gasteiger partial charge in [0.2, 0.25) is 5.91 Å². The zero-order valence-corrected chi connectivity index (χ0v) is 18.9. The van der Waals surface area contributed by atoms with Gasteiger partial charge in [0, 0.05) is 36.4 Å². The normalized spacial score (nSPS) is 15.9. The SMILES string of the molecule is COc1ccc(-n2nc(C(N)=O)c3c2C(=O)N(c2ccc(N4CCCC[14C]4=O)cc2)CC3)cc1. The van der Waals surface area contributed by atoms with E-state index in [1.807, 2.05) is 24.3 Å². The smallest absolute Gasteiger partial charge is 0.277 e. The number of carbonyl (C=O) groups excluding carboxylic acids is 3. The van der Waals surface area contributed by atoms with Gasteiger partial charge < -0.3 is 20.3 Å². The number of piperidine rings is 1. The molecule has 34 heavy (non-hydrogen) atoms. The number of primary amides is 1. The lowest BCUT2D eigenvalue weighted by molar-refractivity contribution is -0.119. The number of anilines is 2. The zero-order chi connectivity index (χ0) is 23.8. The molecular formula is C25H25N5O4. The Morgan fingerprint density at radius 3 is 2.32 bits per heavy atom. The number of hydrogen-bond acceptors (Lipinski definition) is 5. The topological polar surface area (TPSA) is 111 Å². The first-order chi connectivity index (χ1) is 16.5. The molecular weight excluding hydrogens is 436 g/mol. The van der Waals surface area contributed by atoms with Crippen molar-refractivity contribution < 1.29 is 19.1 Å². The van der Waals surface area contributed by atoms with Crippen LogP contribution in [0.1, 0.15) is 45.8 Å². The number of nitrogens with zero attached hydrogens (tertiary/aromatic N) is 4. The fourth-order valence-corrected chi connectivity index (χ4v) is 4.61. The van der Waals surface area contributed by atoms with E-state index >= 15 is 0 Å². The van der Waals surface area contributed by atoms with Crippen molar-refractivity contribution in [3.8, 4) is 11.4 Å². The molecule has 2 aliphatic heterocycles. The number of hydrogen-bond donors (Lipinski definition) is 1. The van der Waals surface area contributed by atoms with E-state index in [1.54, 1.807) is 41.2 Å². The van der Waals surface area contributed by atoms with Crippen LogP contribution < -0.4 is 20.3 Å². The van der Waals surface area contributed by atoms with Gasteiger partial charge in [-0.05, 0) is 67.8 Å². The third kappa shape index (κ3) is 3.68. The number of methoxy groups -OCH3 is 1. The number of carbonyl (C=O) groups is 3. The lowest BCUT2D eigenvalue weighted by atomic mass is 10.0. The van der Waals surface area contributed by atoms with E-state index in [0.717, 1.165) is 18.5 Å². The van der Waals surface area contributed by atoms with Crippen molar-refractivity contribution in [1.29, 1.82) is 0 Å². The van der Waals surface area contributed by atoms with E-state index in [2.05, 4.69) is 5.10 Å². The van der Waals surface area contributed by atoms with Gasteiger partial charge in [0.1, 0.15) is 11.4 Å². The van der Waals surface area contributed by atoms with E-state index in [9.17, 15) is 14.4 Å². The summed E-state index contributed by atoms with van der Waals surface area (Å²) in [5.74, 6) is -0.139. The molecule has 5 rings (SSSR count). The van der Waals surface area contributed by atoms with Crippen LogP contribution in [0.3, 0.4) is 0 Å². The molecule has 2 N–H and O–H groups in total. The van der Waals surface area contributed by atoms with E-state index in [4.69, 9.17) is 10.5 Å². The minimum Gasteiger partial charge on any atom is -0.497 e. The molecule has 9 nitrogen and oxygen atoms in total. The fourth-order valence-electron chi connectivity index (χ4n) is 4.61. The molecule has 1 saturated heterocycles. The third-order valence-corrected chi connectivity index (χ3v) is 6.36. The van der Waals surface area contributed by atoms with Gasteiger partial charge in [-0.1, -0.05) is 0 Å². The Bertz CT molecular complexity index is 1260. The molecule has 1 fully saturated rings. The molecule has 0 aliphatic carbocycles. The predicted octanol–water partition coefficient (Wildman–Crippen LogP) is 2.70. The number of aromatic nitrogens is 2. The van der Waals surface area contributed by atoms with Crippen molar-refractivity contribution in [2.24, 2.45) is 5.73 Å². The maximum Gasteiger partial charge on any atom is 0.277 e. The number of rotatable bonds is 5. The van der Waals surface area contributed by atoms with Crippen LogP contribution in [0.4, 0.5) is 11.4 Å². The molecule has 0 bridgehead atoms. The van der Waals surface area contributed by atoms with Gasteiger partial charge in [-0.3, -0.25) is 14.4 Å². The second-order valence-electron chi connectivity index (χ2n) is 8.38. The van der Waals surface area contributed by atoms with E-state index in [1.165, 1.54) is 4.68 Å². The summed E-state index contributed by atoms with van der Waals surface area (Å²) in [6.07, 6.45) is 2.92. The molecule has 3 amide bonds. The first-order valence-electron chi connectivity index (χ1n) is 11.3. The Kier molecular flexibility index (Phi) is 5.53. The van der Waals surface area contributed by atoms with Gasteiger partial charge >= 0.3 is 0 Å². The number of benzene rings is 2. The Balaban J connectivity index is 1.49. The molecule has 3 aromatic rings. The molecule has 2 aromatic carbocycles. The molecule has 2 aliphatic rings. The predicted molar refractivity (Wildman–Crippen MR) is 127 cm³/mol. The standard InChI is InChI=1S/C25H25N5O4/c1-34-19-11-9-18(10-12-19)30-23-20(22(27-30)24(26)32)13-15-29(25(23)33)17-7-5-16(6-8-17)28-14-3-2-4-21(28)31/h5-12H,2-4,13-15H2,1H3,(H2,26,32)/i21+2. The highest BCUT2D eigenvalue weighted by Gasteiger charge is 2.34.